The predicted molar refractivity (Wildman–Crippen MR) is 99.0 cm³/mol. The maximum atomic E-state index is 13.7. The first-order valence-electron chi connectivity index (χ1n) is 8.39. The minimum Gasteiger partial charge on any atom is -0.492 e. The zero-order valence-electron chi connectivity index (χ0n) is 14.5. The Morgan fingerprint density at radius 3 is 2.78 bits per heavy atom. The lowest BCUT2D eigenvalue weighted by Crippen LogP contribution is -2.12. The lowest BCUT2D eigenvalue weighted by Gasteiger charge is -2.09. The van der Waals surface area contributed by atoms with Crippen molar-refractivity contribution in [3.63, 3.8) is 0 Å². The number of hydrogen-bond acceptors (Lipinski definition) is 5. The van der Waals surface area contributed by atoms with Gasteiger partial charge in [0.15, 0.2) is 5.65 Å². The van der Waals surface area contributed by atoms with Crippen LogP contribution in [0.3, 0.4) is 0 Å². The molecule has 1 N–H and O–H groups in total. The van der Waals surface area contributed by atoms with E-state index in [9.17, 15) is 9.18 Å². The summed E-state index contributed by atoms with van der Waals surface area (Å²) in [5.41, 5.74) is 1.74. The molecule has 27 heavy (non-hydrogen) atoms. The van der Waals surface area contributed by atoms with Gasteiger partial charge >= 0.3 is 0 Å². The van der Waals surface area contributed by atoms with Crippen LogP contribution < -0.4 is 10.1 Å². The van der Waals surface area contributed by atoms with Crippen molar-refractivity contribution in [3.05, 3.63) is 54.3 Å². The SMILES string of the molecule is CC(=O)Nc1nnc2c3cc(F)ccc3n(CCOc3ccccc3)c2n1. The monoisotopic (exact) mass is 365 g/mol. The van der Waals surface area contributed by atoms with E-state index in [2.05, 4.69) is 20.5 Å². The molecule has 2 aromatic heterocycles. The molecule has 136 valence electrons. The van der Waals surface area contributed by atoms with Gasteiger partial charge in [-0.3, -0.25) is 10.1 Å². The van der Waals surface area contributed by atoms with E-state index in [1.54, 1.807) is 6.07 Å². The number of ether oxygens (including phenoxy) is 1. The maximum Gasteiger partial charge on any atom is 0.251 e. The third kappa shape index (κ3) is 3.41. The van der Waals surface area contributed by atoms with Gasteiger partial charge in [0.05, 0.1) is 12.1 Å². The molecule has 0 fully saturated rings. The van der Waals surface area contributed by atoms with Crippen LogP contribution in [0, 0.1) is 5.82 Å². The highest BCUT2D eigenvalue weighted by molar-refractivity contribution is 6.04. The number of benzene rings is 2. The number of rotatable bonds is 5. The Kier molecular flexibility index (Phi) is 4.37. The quantitative estimate of drug-likeness (QED) is 0.587. The maximum absolute atomic E-state index is 13.7. The second kappa shape index (κ2) is 6.99. The van der Waals surface area contributed by atoms with Crippen LogP contribution >= 0.6 is 0 Å². The van der Waals surface area contributed by atoms with Crippen LogP contribution in [0.1, 0.15) is 6.92 Å². The molecule has 0 spiro atoms. The van der Waals surface area contributed by atoms with E-state index < -0.39 is 0 Å². The van der Waals surface area contributed by atoms with Crippen LogP contribution in [0.25, 0.3) is 22.1 Å². The summed E-state index contributed by atoms with van der Waals surface area (Å²) in [4.78, 5) is 15.7. The molecule has 2 heterocycles. The summed E-state index contributed by atoms with van der Waals surface area (Å²) in [5.74, 6) is 0.201. The van der Waals surface area contributed by atoms with Crippen molar-refractivity contribution < 1.29 is 13.9 Å². The highest BCUT2D eigenvalue weighted by atomic mass is 19.1. The van der Waals surface area contributed by atoms with Gasteiger partial charge in [-0.05, 0) is 30.3 Å². The summed E-state index contributed by atoms with van der Waals surface area (Å²) < 4.78 is 21.4. The Balaban J connectivity index is 1.74. The summed E-state index contributed by atoms with van der Waals surface area (Å²) in [5, 5.41) is 11.2. The molecule has 0 unspecified atom stereocenters. The second-order valence-electron chi connectivity index (χ2n) is 5.96. The van der Waals surface area contributed by atoms with E-state index in [4.69, 9.17) is 4.74 Å². The lowest BCUT2D eigenvalue weighted by molar-refractivity contribution is -0.114. The smallest absolute Gasteiger partial charge is 0.251 e. The number of carbonyl (C=O) groups excluding carboxylic acids is 1. The average Bonchev–Trinajstić information content (AvgIpc) is 2.95. The first-order valence-corrected chi connectivity index (χ1v) is 8.39. The number of carbonyl (C=O) groups is 1. The molecule has 4 rings (SSSR count). The molecule has 0 bridgehead atoms. The molecule has 0 saturated carbocycles. The van der Waals surface area contributed by atoms with Gasteiger partial charge in [-0.25, -0.2) is 4.39 Å². The average molecular weight is 365 g/mol. The Bertz CT molecular complexity index is 1130. The molecule has 7 nitrogen and oxygen atoms in total. The number of aromatic nitrogens is 4. The number of amides is 1. The van der Waals surface area contributed by atoms with E-state index >= 15 is 0 Å². The van der Waals surface area contributed by atoms with Crippen LogP contribution in [0.15, 0.2) is 48.5 Å². The van der Waals surface area contributed by atoms with Gasteiger partial charge in [0.25, 0.3) is 5.95 Å². The van der Waals surface area contributed by atoms with Crippen LogP contribution in [0.5, 0.6) is 5.75 Å². The number of nitrogens with zero attached hydrogens (tertiary/aromatic N) is 4. The minimum absolute atomic E-state index is 0.100. The van der Waals surface area contributed by atoms with Gasteiger partial charge in [0.1, 0.15) is 23.7 Å². The number of hydrogen-bond donors (Lipinski definition) is 1. The molecule has 2 aromatic carbocycles. The first kappa shape index (κ1) is 16.9. The third-order valence-electron chi connectivity index (χ3n) is 4.04. The fourth-order valence-electron chi connectivity index (χ4n) is 2.94. The molecule has 0 aliphatic carbocycles. The minimum atomic E-state index is -0.366. The highest BCUT2D eigenvalue weighted by Gasteiger charge is 2.16. The van der Waals surface area contributed by atoms with Crippen LogP contribution in [-0.4, -0.2) is 32.3 Å². The molecule has 1 amide bonds. The van der Waals surface area contributed by atoms with Gasteiger partial charge in [0, 0.05) is 12.3 Å². The zero-order chi connectivity index (χ0) is 18.8. The van der Waals surface area contributed by atoms with E-state index in [-0.39, 0.29) is 17.7 Å². The standard InChI is InChI=1S/C19H16FN5O2/c1-12(26)21-19-22-18-17(23-24-19)15-11-13(20)7-8-16(15)25(18)9-10-27-14-5-3-2-4-6-14/h2-8,11H,9-10H2,1H3,(H,21,22,24,26). The Labute approximate surface area is 153 Å². The van der Waals surface area contributed by atoms with Gasteiger partial charge < -0.3 is 9.30 Å². The van der Waals surface area contributed by atoms with Gasteiger partial charge in [-0.1, -0.05) is 18.2 Å². The Morgan fingerprint density at radius 2 is 2.00 bits per heavy atom. The number of nitrogens with one attached hydrogen (secondary N) is 1. The molecular weight excluding hydrogens is 349 g/mol. The van der Waals surface area contributed by atoms with Crippen LogP contribution in [0.4, 0.5) is 10.3 Å². The van der Waals surface area contributed by atoms with E-state index in [0.717, 1.165) is 11.3 Å². The van der Waals surface area contributed by atoms with Crippen molar-refractivity contribution in [1.29, 1.82) is 0 Å². The fraction of sp³-hybridized carbons (Fsp3) is 0.158. The molecule has 8 heteroatoms. The predicted octanol–water partition coefficient (Wildman–Crippen LogP) is 3.16. The van der Waals surface area contributed by atoms with Gasteiger partial charge in [0.2, 0.25) is 5.91 Å². The van der Waals surface area contributed by atoms with Crippen molar-refractivity contribution in [2.75, 3.05) is 11.9 Å². The number of halogens is 1. The molecule has 0 radical (unpaired) electrons. The highest BCUT2D eigenvalue weighted by Crippen LogP contribution is 2.27. The third-order valence-corrected chi connectivity index (χ3v) is 4.04. The first-order chi connectivity index (χ1) is 13.1. The van der Waals surface area contributed by atoms with Crippen molar-refractivity contribution in [3.8, 4) is 5.75 Å². The van der Waals surface area contributed by atoms with Crippen LogP contribution in [0.2, 0.25) is 0 Å². The topological polar surface area (TPSA) is 81.9 Å². The van der Waals surface area contributed by atoms with E-state index in [1.807, 2.05) is 34.9 Å². The van der Waals surface area contributed by atoms with Crippen molar-refractivity contribution in [1.82, 2.24) is 19.7 Å². The normalized spacial score (nSPS) is 11.0. The summed E-state index contributed by atoms with van der Waals surface area (Å²) in [6.07, 6.45) is 0. The molecule has 4 aromatic rings. The molecule has 0 atom stereocenters. The summed E-state index contributed by atoms with van der Waals surface area (Å²) >= 11 is 0. The zero-order valence-corrected chi connectivity index (χ0v) is 14.5. The van der Waals surface area contributed by atoms with Gasteiger partial charge in [-0.2, -0.15) is 4.98 Å². The summed E-state index contributed by atoms with van der Waals surface area (Å²) in [7, 11) is 0. The molecule has 0 saturated heterocycles. The molecule has 0 aliphatic heterocycles. The Hall–Kier alpha value is -3.55. The van der Waals surface area contributed by atoms with E-state index in [0.29, 0.717) is 29.7 Å². The molecular formula is C19H16FN5O2. The number of anilines is 1. The molecule has 0 aliphatic rings. The van der Waals surface area contributed by atoms with Gasteiger partial charge in [-0.15, -0.1) is 10.2 Å². The van der Waals surface area contributed by atoms with Crippen molar-refractivity contribution in [2.45, 2.75) is 13.5 Å². The largest absolute Gasteiger partial charge is 0.492 e. The number of fused-ring (bicyclic) bond motifs is 3. The van der Waals surface area contributed by atoms with E-state index in [1.165, 1.54) is 19.1 Å². The van der Waals surface area contributed by atoms with Crippen LogP contribution in [-0.2, 0) is 11.3 Å². The number of para-hydroxylation sites is 1. The summed E-state index contributed by atoms with van der Waals surface area (Å²) in [6.45, 7) is 2.23. The Morgan fingerprint density at radius 1 is 1.19 bits per heavy atom. The van der Waals surface area contributed by atoms with Crippen molar-refractivity contribution in [2.24, 2.45) is 0 Å². The second-order valence-corrected chi connectivity index (χ2v) is 5.96. The fourth-order valence-corrected chi connectivity index (χ4v) is 2.94. The van der Waals surface area contributed by atoms with Crippen molar-refractivity contribution >= 4 is 33.9 Å². The lowest BCUT2D eigenvalue weighted by atomic mass is 10.2. The summed E-state index contributed by atoms with van der Waals surface area (Å²) in [6, 6.07) is 13.9.